The van der Waals surface area contributed by atoms with Crippen molar-refractivity contribution >= 4 is 11.6 Å². The zero-order valence-electron chi connectivity index (χ0n) is 15.0. The van der Waals surface area contributed by atoms with Crippen LogP contribution in [0.4, 0.5) is 0 Å². The molecule has 1 aliphatic rings. The van der Waals surface area contributed by atoms with Gasteiger partial charge in [0.15, 0.2) is 6.04 Å². The lowest BCUT2D eigenvalue weighted by Crippen LogP contribution is -3.13. The van der Waals surface area contributed by atoms with Crippen molar-refractivity contribution in [3.8, 4) is 0 Å². The first-order chi connectivity index (χ1) is 11.4. The number of nitrogens with zero attached hydrogens (tertiary/aromatic N) is 4. The molecule has 2 aromatic rings. The van der Waals surface area contributed by atoms with E-state index in [2.05, 4.69) is 55.4 Å². The number of halogens is 1. The fourth-order valence-corrected chi connectivity index (χ4v) is 3.62. The second-order valence-electron chi connectivity index (χ2n) is 7.95. The SMILES string of the molecule is CC1CC[NH+]([C@H](c2ccc(Cl)cc2)c2nnnn2C(C)(C)C)CC1. The molecule has 0 amide bonds. The largest absolute Gasteiger partial charge is 0.322 e. The molecule has 1 aromatic heterocycles. The number of piperidine rings is 1. The Hall–Kier alpha value is -1.46. The first-order valence-corrected chi connectivity index (χ1v) is 9.13. The van der Waals surface area contributed by atoms with Crippen LogP contribution in [0.2, 0.25) is 5.02 Å². The molecule has 1 atom stereocenters. The van der Waals surface area contributed by atoms with Crippen LogP contribution in [0.3, 0.4) is 0 Å². The molecule has 3 rings (SSSR count). The Bertz CT molecular complexity index is 665. The van der Waals surface area contributed by atoms with E-state index in [-0.39, 0.29) is 11.6 Å². The van der Waals surface area contributed by atoms with E-state index in [0.29, 0.717) is 0 Å². The van der Waals surface area contributed by atoms with E-state index in [1.807, 2.05) is 16.8 Å². The first-order valence-electron chi connectivity index (χ1n) is 8.75. The summed E-state index contributed by atoms with van der Waals surface area (Å²) in [6.45, 7) is 11.0. The molecule has 0 spiro atoms. The summed E-state index contributed by atoms with van der Waals surface area (Å²) in [6, 6.07) is 8.28. The summed E-state index contributed by atoms with van der Waals surface area (Å²) in [4.78, 5) is 1.54. The van der Waals surface area contributed by atoms with E-state index in [4.69, 9.17) is 11.6 Å². The lowest BCUT2D eigenvalue weighted by Gasteiger charge is -2.34. The maximum absolute atomic E-state index is 6.10. The minimum Gasteiger partial charge on any atom is -0.322 e. The quantitative estimate of drug-likeness (QED) is 0.927. The maximum atomic E-state index is 6.10. The molecule has 24 heavy (non-hydrogen) atoms. The van der Waals surface area contributed by atoms with Crippen LogP contribution in [0.15, 0.2) is 24.3 Å². The number of hydrogen-bond donors (Lipinski definition) is 1. The average molecular weight is 349 g/mol. The van der Waals surface area contributed by atoms with Crippen molar-refractivity contribution in [2.45, 2.75) is 52.1 Å². The molecule has 0 aliphatic carbocycles. The number of quaternary nitrogens is 1. The summed E-state index contributed by atoms with van der Waals surface area (Å²) in [5.74, 6) is 1.74. The van der Waals surface area contributed by atoms with Gasteiger partial charge in [-0.15, -0.1) is 5.10 Å². The van der Waals surface area contributed by atoms with Crippen molar-refractivity contribution < 1.29 is 4.90 Å². The Morgan fingerprint density at radius 2 is 1.79 bits per heavy atom. The predicted octanol–water partition coefficient (Wildman–Crippen LogP) is 2.49. The Balaban J connectivity index is 2.02. The minimum absolute atomic E-state index is 0.143. The average Bonchev–Trinajstić information content (AvgIpc) is 3.01. The van der Waals surface area contributed by atoms with Gasteiger partial charge in [-0.25, -0.2) is 4.68 Å². The maximum Gasteiger partial charge on any atom is 0.214 e. The molecule has 130 valence electrons. The standard InChI is InChI=1S/C18H26ClN5/c1-13-9-11-23(12-10-13)16(14-5-7-15(19)8-6-14)17-20-21-22-24(17)18(2,3)4/h5-8,13,16H,9-12H2,1-4H3/p+1/t16-/m1/s1. The topological polar surface area (TPSA) is 48.0 Å². The van der Waals surface area contributed by atoms with Gasteiger partial charge in [0.2, 0.25) is 5.82 Å². The van der Waals surface area contributed by atoms with Gasteiger partial charge in [-0.3, -0.25) is 0 Å². The van der Waals surface area contributed by atoms with Gasteiger partial charge in [-0.05, 0) is 62.1 Å². The van der Waals surface area contributed by atoms with Crippen LogP contribution >= 0.6 is 11.6 Å². The Morgan fingerprint density at radius 3 is 2.38 bits per heavy atom. The highest BCUT2D eigenvalue weighted by Crippen LogP contribution is 2.24. The van der Waals surface area contributed by atoms with E-state index in [1.54, 1.807) is 0 Å². The monoisotopic (exact) mass is 348 g/mol. The molecule has 0 radical (unpaired) electrons. The second-order valence-corrected chi connectivity index (χ2v) is 8.38. The lowest BCUT2D eigenvalue weighted by molar-refractivity contribution is -0.932. The van der Waals surface area contributed by atoms with Crippen LogP contribution < -0.4 is 4.90 Å². The van der Waals surface area contributed by atoms with Gasteiger partial charge in [-0.2, -0.15) is 0 Å². The van der Waals surface area contributed by atoms with Gasteiger partial charge >= 0.3 is 0 Å². The van der Waals surface area contributed by atoms with Crippen LogP contribution in [-0.4, -0.2) is 33.3 Å². The highest BCUT2D eigenvalue weighted by atomic mass is 35.5. The fraction of sp³-hybridized carbons (Fsp3) is 0.611. The van der Waals surface area contributed by atoms with E-state index in [9.17, 15) is 0 Å². The summed E-state index contributed by atoms with van der Waals surface area (Å²) in [5.41, 5.74) is 1.08. The van der Waals surface area contributed by atoms with Gasteiger partial charge in [0.05, 0.1) is 18.6 Å². The molecule has 1 saturated heterocycles. The molecule has 1 N–H and O–H groups in total. The normalized spacial score (nSPS) is 23.2. The van der Waals surface area contributed by atoms with E-state index >= 15 is 0 Å². The van der Waals surface area contributed by atoms with Crippen molar-refractivity contribution in [2.75, 3.05) is 13.1 Å². The Labute approximate surface area is 149 Å². The number of benzene rings is 1. The molecule has 0 bridgehead atoms. The van der Waals surface area contributed by atoms with Crippen molar-refractivity contribution in [2.24, 2.45) is 5.92 Å². The summed E-state index contributed by atoms with van der Waals surface area (Å²) in [6.07, 6.45) is 2.49. The first kappa shape index (κ1) is 17.4. The van der Waals surface area contributed by atoms with Gasteiger partial charge in [0.25, 0.3) is 0 Å². The zero-order chi connectivity index (χ0) is 17.3. The number of aromatic nitrogens is 4. The highest BCUT2D eigenvalue weighted by molar-refractivity contribution is 6.30. The van der Waals surface area contributed by atoms with Crippen LogP contribution in [-0.2, 0) is 5.54 Å². The molecule has 0 saturated carbocycles. The molecule has 1 fully saturated rings. The highest BCUT2D eigenvalue weighted by Gasteiger charge is 2.36. The number of tetrazole rings is 1. The van der Waals surface area contributed by atoms with Crippen LogP contribution in [0, 0.1) is 5.92 Å². The van der Waals surface area contributed by atoms with Gasteiger partial charge in [-0.1, -0.05) is 30.7 Å². The van der Waals surface area contributed by atoms with Crippen LogP contribution in [0.1, 0.15) is 58.0 Å². The molecular weight excluding hydrogens is 322 g/mol. The number of likely N-dealkylation sites (tertiary alicyclic amines) is 1. The molecule has 6 heteroatoms. The van der Waals surface area contributed by atoms with Crippen molar-refractivity contribution in [3.63, 3.8) is 0 Å². The molecule has 5 nitrogen and oxygen atoms in total. The summed E-state index contributed by atoms with van der Waals surface area (Å²) < 4.78 is 1.97. The smallest absolute Gasteiger partial charge is 0.214 e. The summed E-state index contributed by atoms with van der Waals surface area (Å²) >= 11 is 6.10. The Kier molecular flexibility index (Phi) is 4.92. The molecule has 2 heterocycles. The molecule has 1 aromatic carbocycles. The summed E-state index contributed by atoms with van der Waals surface area (Å²) in [7, 11) is 0. The van der Waals surface area contributed by atoms with Crippen molar-refractivity contribution in [1.29, 1.82) is 0 Å². The zero-order valence-corrected chi connectivity index (χ0v) is 15.7. The number of rotatable bonds is 3. The van der Waals surface area contributed by atoms with Crippen LogP contribution in [0.5, 0.6) is 0 Å². The second kappa shape index (κ2) is 6.81. The van der Waals surface area contributed by atoms with E-state index < -0.39 is 0 Å². The molecular formula is C18H27ClN5+. The van der Waals surface area contributed by atoms with E-state index in [1.165, 1.54) is 23.3 Å². The third-order valence-corrected chi connectivity index (χ3v) is 5.17. The summed E-state index contributed by atoms with van der Waals surface area (Å²) in [5, 5.41) is 13.4. The lowest BCUT2D eigenvalue weighted by atomic mass is 9.95. The Morgan fingerprint density at radius 1 is 1.17 bits per heavy atom. The molecule has 0 unspecified atom stereocenters. The third kappa shape index (κ3) is 3.62. The third-order valence-electron chi connectivity index (χ3n) is 4.92. The predicted molar refractivity (Wildman–Crippen MR) is 95.2 cm³/mol. The van der Waals surface area contributed by atoms with Gasteiger partial charge < -0.3 is 4.90 Å². The molecule has 1 aliphatic heterocycles. The van der Waals surface area contributed by atoms with Gasteiger partial charge in [0, 0.05) is 10.6 Å². The van der Waals surface area contributed by atoms with Crippen molar-refractivity contribution in [1.82, 2.24) is 20.2 Å². The van der Waals surface area contributed by atoms with Gasteiger partial charge in [0.1, 0.15) is 0 Å². The number of hydrogen-bond acceptors (Lipinski definition) is 3. The minimum atomic E-state index is -0.147. The number of nitrogens with one attached hydrogen (secondary N) is 1. The van der Waals surface area contributed by atoms with Crippen LogP contribution in [0.25, 0.3) is 0 Å². The van der Waals surface area contributed by atoms with Crippen molar-refractivity contribution in [3.05, 3.63) is 40.7 Å². The van der Waals surface area contributed by atoms with E-state index in [0.717, 1.165) is 29.9 Å². The fourth-order valence-electron chi connectivity index (χ4n) is 3.50.